The summed E-state index contributed by atoms with van der Waals surface area (Å²) in [6.45, 7) is 8.23. The summed E-state index contributed by atoms with van der Waals surface area (Å²) < 4.78 is 1.80. The Hall–Kier alpha value is -1.76. The summed E-state index contributed by atoms with van der Waals surface area (Å²) in [5.41, 5.74) is 1.17. The standard InChI is InChI=1S/C20H29N3O3S/c1-20(2,3)8-18(25)22-9-13-7-14(11-22)16-6-5-15(19(26)23(16)10-13)21-17(24)12-27-4/h5-6,13-14H,7-12H2,1-4H3,(H,21,24)/t13-,14-/m1/s1. The molecule has 0 aromatic carbocycles. The van der Waals surface area contributed by atoms with Gasteiger partial charge in [-0.25, -0.2) is 0 Å². The Bertz CT molecular complexity index is 797. The molecule has 0 spiro atoms. The summed E-state index contributed by atoms with van der Waals surface area (Å²) in [6, 6.07) is 3.65. The first-order valence-electron chi connectivity index (χ1n) is 9.48. The van der Waals surface area contributed by atoms with Crippen LogP contribution in [0.4, 0.5) is 5.69 Å². The highest BCUT2D eigenvalue weighted by molar-refractivity contribution is 7.99. The van der Waals surface area contributed by atoms with Crippen molar-refractivity contribution < 1.29 is 9.59 Å². The molecule has 1 fully saturated rings. The molecular formula is C20H29N3O3S. The van der Waals surface area contributed by atoms with Crippen LogP contribution in [0.15, 0.2) is 16.9 Å². The van der Waals surface area contributed by atoms with Gasteiger partial charge in [-0.2, -0.15) is 11.8 Å². The van der Waals surface area contributed by atoms with Gasteiger partial charge >= 0.3 is 0 Å². The fraction of sp³-hybridized carbons (Fsp3) is 0.650. The fourth-order valence-corrected chi connectivity index (χ4v) is 4.46. The number of piperidine rings is 1. The number of rotatable bonds is 4. The van der Waals surface area contributed by atoms with E-state index in [2.05, 4.69) is 26.1 Å². The van der Waals surface area contributed by atoms with Gasteiger partial charge in [-0.15, -0.1) is 0 Å². The smallest absolute Gasteiger partial charge is 0.274 e. The van der Waals surface area contributed by atoms with Gasteiger partial charge in [-0.1, -0.05) is 20.8 Å². The van der Waals surface area contributed by atoms with Crippen LogP contribution in [0.5, 0.6) is 0 Å². The van der Waals surface area contributed by atoms with E-state index in [1.807, 2.05) is 17.2 Å². The maximum Gasteiger partial charge on any atom is 0.274 e. The molecule has 6 nitrogen and oxygen atoms in total. The Morgan fingerprint density at radius 2 is 1.96 bits per heavy atom. The van der Waals surface area contributed by atoms with Crippen LogP contribution >= 0.6 is 11.8 Å². The van der Waals surface area contributed by atoms with Gasteiger partial charge in [0, 0.05) is 37.7 Å². The van der Waals surface area contributed by atoms with Crippen LogP contribution in [0.25, 0.3) is 0 Å². The summed E-state index contributed by atoms with van der Waals surface area (Å²) in [4.78, 5) is 39.3. The first kappa shape index (κ1) is 20.0. The maximum absolute atomic E-state index is 12.8. The number of anilines is 1. The molecular weight excluding hydrogens is 362 g/mol. The van der Waals surface area contributed by atoms with Gasteiger partial charge in [-0.05, 0) is 36.1 Å². The van der Waals surface area contributed by atoms with Crippen molar-refractivity contribution in [3.05, 3.63) is 28.2 Å². The van der Waals surface area contributed by atoms with Gasteiger partial charge in [-0.3, -0.25) is 14.4 Å². The van der Waals surface area contributed by atoms with Crippen molar-refractivity contribution in [2.75, 3.05) is 30.4 Å². The number of hydrogen-bond acceptors (Lipinski definition) is 4. The molecule has 1 aromatic heterocycles. The second-order valence-electron chi connectivity index (χ2n) is 8.90. The van der Waals surface area contributed by atoms with Gasteiger partial charge in [0.2, 0.25) is 11.8 Å². The second-order valence-corrected chi connectivity index (χ2v) is 9.77. The largest absolute Gasteiger partial charge is 0.342 e. The van der Waals surface area contributed by atoms with Crippen molar-refractivity contribution in [2.45, 2.75) is 46.1 Å². The predicted octanol–water partition coefficient (Wildman–Crippen LogP) is 2.53. The van der Waals surface area contributed by atoms with E-state index >= 15 is 0 Å². The average Bonchev–Trinajstić information content (AvgIpc) is 2.56. The number of hydrogen-bond donors (Lipinski definition) is 1. The zero-order chi connectivity index (χ0) is 19.8. The molecule has 2 atom stereocenters. The van der Waals surface area contributed by atoms with E-state index in [9.17, 15) is 14.4 Å². The van der Waals surface area contributed by atoms with Crippen molar-refractivity contribution in [3.63, 3.8) is 0 Å². The molecule has 2 amide bonds. The highest BCUT2D eigenvalue weighted by Crippen LogP contribution is 2.36. The highest BCUT2D eigenvalue weighted by atomic mass is 32.2. The summed E-state index contributed by atoms with van der Waals surface area (Å²) in [6.07, 6.45) is 3.41. The van der Waals surface area contributed by atoms with Crippen molar-refractivity contribution in [2.24, 2.45) is 11.3 Å². The van der Waals surface area contributed by atoms with Gasteiger partial charge in [0.15, 0.2) is 0 Å². The minimum absolute atomic E-state index is 0.0254. The number of likely N-dealkylation sites (tertiary alicyclic amines) is 1. The van der Waals surface area contributed by atoms with Crippen molar-refractivity contribution >= 4 is 29.3 Å². The van der Waals surface area contributed by atoms with E-state index in [0.717, 1.165) is 12.1 Å². The zero-order valence-corrected chi connectivity index (χ0v) is 17.4. The lowest BCUT2D eigenvalue weighted by Gasteiger charge is -2.43. The van der Waals surface area contributed by atoms with E-state index in [4.69, 9.17) is 0 Å². The second kappa shape index (κ2) is 7.70. The number of nitrogens with one attached hydrogen (secondary N) is 1. The number of carbonyl (C=O) groups excluding carboxylic acids is 2. The highest BCUT2D eigenvalue weighted by Gasteiger charge is 2.37. The van der Waals surface area contributed by atoms with Crippen molar-refractivity contribution in [1.29, 1.82) is 0 Å². The van der Waals surface area contributed by atoms with Crippen LogP contribution < -0.4 is 10.9 Å². The minimum Gasteiger partial charge on any atom is -0.342 e. The first-order valence-corrected chi connectivity index (χ1v) is 10.9. The van der Waals surface area contributed by atoms with Gasteiger partial charge in [0.05, 0.1) is 5.75 Å². The molecule has 0 unspecified atom stereocenters. The van der Waals surface area contributed by atoms with E-state index in [1.54, 1.807) is 10.6 Å². The molecule has 27 heavy (non-hydrogen) atoms. The molecule has 2 bridgehead atoms. The predicted molar refractivity (Wildman–Crippen MR) is 109 cm³/mol. The Labute approximate surface area is 164 Å². The molecule has 3 rings (SSSR count). The van der Waals surface area contributed by atoms with E-state index < -0.39 is 0 Å². The van der Waals surface area contributed by atoms with Crippen LogP contribution in [0, 0.1) is 11.3 Å². The minimum atomic E-state index is -0.157. The molecule has 148 valence electrons. The number of pyridine rings is 1. The Kier molecular flexibility index (Phi) is 5.70. The maximum atomic E-state index is 12.8. The van der Waals surface area contributed by atoms with Crippen molar-refractivity contribution in [3.8, 4) is 0 Å². The lowest BCUT2D eigenvalue weighted by atomic mass is 9.82. The molecule has 0 saturated carbocycles. The Morgan fingerprint density at radius 3 is 2.63 bits per heavy atom. The molecule has 2 aliphatic rings. The lowest BCUT2D eigenvalue weighted by Crippen LogP contribution is -2.49. The van der Waals surface area contributed by atoms with E-state index in [0.29, 0.717) is 37.5 Å². The number of nitrogens with zero attached hydrogens (tertiary/aromatic N) is 2. The molecule has 7 heteroatoms. The molecule has 0 radical (unpaired) electrons. The van der Waals surface area contributed by atoms with E-state index in [1.165, 1.54) is 11.8 Å². The Balaban J connectivity index is 1.80. The summed E-state index contributed by atoms with van der Waals surface area (Å²) in [5, 5.41) is 2.72. The monoisotopic (exact) mass is 391 g/mol. The number of carbonyl (C=O) groups is 2. The van der Waals surface area contributed by atoms with Crippen LogP contribution in [-0.4, -0.2) is 46.4 Å². The third-order valence-corrected chi connectivity index (χ3v) is 5.74. The fourth-order valence-electron chi connectivity index (χ4n) is 4.13. The third-order valence-electron chi connectivity index (χ3n) is 5.19. The first-order chi connectivity index (χ1) is 12.7. The molecule has 1 N–H and O–H groups in total. The topological polar surface area (TPSA) is 71.4 Å². The summed E-state index contributed by atoms with van der Waals surface area (Å²) >= 11 is 1.43. The summed E-state index contributed by atoms with van der Waals surface area (Å²) in [7, 11) is 0. The molecule has 1 aromatic rings. The van der Waals surface area contributed by atoms with Crippen molar-refractivity contribution in [1.82, 2.24) is 9.47 Å². The SMILES string of the molecule is CSCC(=O)Nc1ccc2n(c1=O)C[C@@H]1C[C@@H]2CN(C(=O)CC(C)(C)C)C1. The average molecular weight is 392 g/mol. The quantitative estimate of drug-likeness (QED) is 0.856. The Morgan fingerprint density at radius 1 is 1.22 bits per heavy atom. The number of amides is 2. The van der Waals surface area contributed by atoms with Gasteiger partial charge < -0.3 is 14.8 Å². The number of thioether (sulfide) groups is 1. The number of fused-ring (bicyclic) bond motifs is 4. The molecule has 0 aliphatic carbocycles. The van der Waals surface area contributed by atoms with E-state index in [-0.39, 0.29) is 34.6 Å². The summed E-state index contributed by atoms with van der Waals surface area (Å²) in [5.74, 6) is 0.848. The van der Waals surface area contributed by atoms with Gasteiger partial charge in [0.1, 0.15) is 5.69 Å². The van der Waals surface area contributed by atoms with Crippen LogP contribution in [0.2, 0.25) is 0 Å². The van der Waals surface area contributed by atoms with Crippen LogP contribution in [0.1, 0.15) is 45.2 Å². The molecule has 3 heterocycles. The normalized spacial score (nSPS) is 21.6. The van der Waals surface area contributed by atoms with Crippen LogP contribution in [-0.2, 0) is 16.1 Å². The molecule has 1 saturated heterocycles. The molecule has 2 aliphatic heterocycles. The zero-order valence-electron chi connectivity index (χ0n) is 16.6. The lowest BCUT2D eigenvalue weighted by molar-refractivity contribution is -0.135. The van der Waals surface area contributed by atoms with Gasteiger partial charge in [0.25, 0.3) is 5.56 Å². The number of aromatic nitrogens is 1. The third kappa shape index (κ3) is 4.57. The van der Waals surface area contributed by atoms with Crippen LogP contribution in [0.3, 0.4) is 0 Å².